The van der Waals surface area contributed by atoms with Crippen LogP contribution in [-0.2, 0) is 4.74 Å². The molecule has 19 heavy (non-hydrogen) atoms. The van der Waals surface area contributed by atoms with Gasteiger partial charge in [-0.15, -0.1) is 11.3 Å². The summed E-state index contributed by atoms with van der Waals surface area (Å²) in [5.41, 5.74) is 8.64. The summed E-state index contributed by atoms with van der Waals surface area (Å²) in [7, 11) is 1.32. The van der Waals surface area contributed by atoms with Crippen LogP contribution in [0.25, 0.3) is 10.4 Å². The third-order valence-corrected chi connectivity index (χ3v) is 4.19. The predicted octanol–water partition coefficient (Wildman–Crippen LogP) is 2.90. The number of benzene rings is 1. The van der Waals surface area contributed by atoms with Gasteiger partial charge in [0.05, 0.1) is 12.8 Å². The van der Waals surface area contributed by atoms with Gasteiger partial charge in [-0.3, -0.25) is 4.79 Å². The van der Waals surface area contributed by atoms with Gasteiger partial charge in [-0.05, 0) is 24.1 Å². The fraction of sp³-hybridized carbons (Fsp3) is 0.143. The van der Waals surface area contributed by atoms with Gasteiger partial charge in [0.1, 0.15) is 11.2 Å². The Morgan fingerprint density at radius 1 is 1.42 bits per heavy atom. The van der Waals surface area contributed by atoms with Crippen LogP contribution < -0.4 is 5.73 Å². The van der Waals surface area contributed by atoms with Crippen molar-refractivity contribution in [2.45, 2.75) is 6.92 Å². The molecule has 0 saturated carbocycles. The average Bonchev–Trinajstić information content (AvgIpc) is 2.75. The third kappa shape index (κ3) is 2.37. The SMILES string of the molecule is COC(=O)c1sc(-c2cccc(C=O)c2)c(C)c1N. The topological polar surface area (TPSA) is 69.4 Å². The van der Waals surface area contributed by atoms with Crippen molar-refractivity contribution in [3.63, 3.8) is 0 Å². The van der Waals surface area contributed by atoms with Crippen LogP contribution in [0.2, 0.25) is 0 Å². The van der Waals surface area contributed by atoms with Gasteiger partial charge < -0.3 is 10.5 Å². The molecule has 1 aromatic heterocycles. The number of hydrogen-bond donors (Lipinski definition) is 1. The molecule has 98 valence electrons. The number of anilines is 1. The van der Waals surface area contributed by atoms with Crippen LogP contribution in [0.1, 0.15) is 25.6 Å². The molecule has 2 N–H and O–H groups in total. The van der Waals surface area contributed by atoms with Crippen molar-refractivity contribution in [3.8, 4) is 10.4 Å². The Hall–Kier alpha value is -2.14. The van der Waals surface area contributed by atoms with Crippen molar-refractivity contribution in [1.82, 2.24) is 0 Å². The van der Waals surface area contributed by atoms with Gasteiger partial charge in [-0.1, -0.05) is 18.2 Å². The summed E-state index contributed by atoms with van der Waals surface area (Å²) in [6.45, 7) is 1.85. The molecule has 0 unspecified atom stereocenters. The van der Waals surface area contributed by atoms with E-state index < -0.39 is 5.97 Å². The molecule has 0 saturated heterocycles. The first-order valence-corrected chi connectivity index (χ1v) is 6.43. The van der Waals surface area contributed by atoms with Gasteiger partial charge in [-0.2, -0.15) is 0 Å². The van der Waals surface area contributed by atoms with Crippen molar-refractivity contribution in [1.29, 1.82) is 0 Å². The van der Waals surface area contributed by atoms with E-state index >= 15 is 0 Å². The molecular formula is C14H13NO3S. The second-order valence-corrected chi connectivity index (χ2v) is 5.05. The molecule has 5 heteroatoms. The van der Waals surface area contributed by atoms with Crippen LogP contribution in [0.4, 0.5) is 5.69 Å². The van der Waals surface area contributed by atoms with E-state index in [1.165, 1.54) is 18.4 Å². The zero-order valence-corrected chi connectivity index (χ0v) is 11.4. The zero-order chi connectivity index (χ0) is 14.0. The first-order chi connectivity index (χ1) is 9.08. The maximum atomic E-state index is 11.6. The van der Waals surface area contributed by atoms with E-state index in [0.29, 0.717) is 16.1 Å². The fourth-order valence-corrected chi connectivity index (χ4v) is 2.94. The molecule has 4 nitrogen and oxygen atoms in total. The Morgan fingerprint density at radius 3 is 2.79 bits per heavy atom. The summed E-state index contributed by atoms with van der Waals surface area (Å²) in [6.07, 6.45) is 0.789. The number of hydrogen-bond acceptors (Lipinski definition) is 5. The standard InChI is InChI=1S/C14H13NO3S/c1-8-11(15)13(14(17)18-2)19-12(8)10-5-3-4-9(6-10)7-16/h3-7H,15H2,1-2H3. The van der Waals surface area contributed by atoms with Crippen LogP contribution in [0.15, 0.2) is 24.3 Å². The second-order valence-electron chi connectivity index (χ2n) is 4.03. The quantitative estimate of drug-likeness (QED) is 0.690. The average molecular weight is 275 g/mol. The molecule has 0 fully saturated rings. The van der Waals surface area contributed by atoms with Crippen LogP contribution in [0.5, 0.6) is 0 Å². The molecule has 2 rings (SSSR count). The lowest BCUT2D eigenvalue weighted by molar-refractivity contribution is 0.0607. The normalized spacial score (nSPS) is 10.2. The van der Waals surface area contributed by atoms with Crippen molar-refractivity contribution >= 4 is 29.3 Å². The van der Waals surface area contributed by atoms with Crippen molar-refractivity contribution in [2.24, 2.45) is 0 Å². The highest BCUT2D eigenvalue weighted by molar-refractivity contribution is 7.18. The molecular weight excluding hydrogens is 262 g/mol. The van der Waals surface area contributed by atoms with Gasteiger partial charge in [-0.25, -0.2) is 4.79 Å². The number of methoxy groups -OCH3 is 1. The highest BCUT2D eigenvalue weighted by Gasteiger charge is 2.19. The van der Waals surface area contributed by atoms with Gasteiger partial charge in [0.25, 0.3) is 0 Å². The van der Waals surface area contributed by atoms with Crippen LogP contribution in [0, 0.1) is 6.92 Å². The first kappa shape index (κ1) is 13.3. The monoisotopic (exact) mass is 275 g/mol. The lowest BCUT2D eigenvalue weighted by Crippen LogP contribution is -2.01. The third-order valence-electron chi connectivity index (χ3n) is 2.85. The van der Waals surface area contributed by atoms with Crippen LogP contribution >= 0.6 is 11.3 Å². The Labute approximate surface area is 114 Å². The highest BCUT2D eigenvalue weighted by atomic mass is 32.1. The van der Waals surface area contributed by atoms with Gasteiger partial charge >= 0.3 is 5.97 Å². The van der Waals surface area contributed by atoms with Gasteiger partial charge in [0.15, 0.2) is 0 Å². The molecule has 2 aromatic rings. The van der Waals surface area contributed by atoms with E-state index in [0.717, 1.165) is 22.3 Å². The van der Waals surface area contributed by atoms with E-state index in [9.17, 15) is 9.59 Å². The molecule has 0 radical (unpaired) electrons. The molecule has 0 amide bonds. The molecule has 0 bridgehead atoms. The van der Waals surface area contributed by atoms with E-state index in [-0.39, 0.29) is 0 Å². The molecule has 1 heterocycles. The molecule has 0 aliphatic rings. The molecule has 0 aliphatic carbocycles. The van der Waals surface area contributed by atoms with Gasteiger partial charge in [0, 0.05) is 10.4 Å². The number of rotatable bonds is 3. The summed E-state index contributed by atoms with van der Waals surface area (Å²) in [5, 5.41) is 0. The summed E-state index contributed by atoms with van der Waals surface area (Å²) in [5.74, 6) is -0.441. The largest absolute Gasteiger partial charge is 0.465 e. The highest BCUT2D eigenvalue weighted by Crippen LogP contribution is 2.38. The van der Waals surface area contributed by atoms with E-state index in [1.54, 1.807) is 18.2 Å². The zero-order valence-electron chi connectivity index (χ0n) is 10.6. The van der Waals surface area contributed by atoms with Crippen molar-refractivity contribution in [2.75, 3.05) is 12.8 Å². The smallest absolute Gasteiger partial charge is 0.350 e. The molecule has 0 spiro atoms. The minimum absolute atomic E-state index is 0.395. The van der Waals surface area contributed by atoms with E-state index in [4.69, 9.17) is 10.5 Å². The van der Waals surface area contributed by atoms with Crippen molar-refractivity contribution in [3.05, 3.63) is 40.3 Å². The maximum absolute atomic E-state index is 11.6. The Bertz CT molecular complexity index is 646. The number of carbonyl (C=O) groups is 2. The number of thiophene rings is 1. The fourth-order valence-electron chi connectivity index (χ4n) is 1.80. The number of esters is 1. The summed E-state index contributed by atoms with van der Waals surface area (Å²) in [4.78, 5) is 23.7. The lowest BCUT2D eigenvalue weighted by Gasteiger charge is -2.00. The minimum Gasteiger partial charge on any atom is -0.465 e. The molecule has 1 aromatic carbocycles. The summed E-state index contributed by atoms with van der Waals surface area (Å²) < 4.78 is 4.70. The predicted molar refractivity (Wildman–Crippen MR) is 75.6 cm³/mol. The van der Waals surface area contributed by atoms with E-state index in [2.05, 4.69) is 0 Å². The molecule has 0 atom stereocenters. The summed E-state index contributed by atoms with van der Waals surface area (Å²) >= 11 is 1.28. The van der Waals surface area contributed by atoms with E-state index in [1.807, 2.05) is 13.0 Å². The first-order valence-electron chi connectivity index (χ1n) is 5.61. The molecule has 0 aliphatic heterocycles. The number of aldehydes is 1. The second kappa shape index (κ2) is 5.24. The number of carbonyl (C=O) groups excluding carboxylic acids is 2. The number of nitrogens with two attached hydrogens (primary N) is 1. The van der Waals surface area contributed by atoms with Crippen LogP contribution in [0.3, 0.4) is 0 Å². The summed E-state index contributed by atoms with van der Waals surface area (Å²) in [6, 6.07) is 7.18. The number of ether oxygens (including phenoxy) is 1. The van der Waals surface area contributed by atoms with Gasteiger partial charge in [0.2, 0.25) is 0 Å². The maximum Gasteiger partial charge on any atom is 0.350 e. The Balaban J connectivity index is 2.56. The Morgan fingerprint density at radius 2 is 2.16 bits per heavy atom. The lowest BCUT2D eigenvalue weighted by atomic mass is 10.1. The van der Waals surface area contributed by atoms with Crippen molar-refractivity contribution < 1.29 is 14.3 Å². The Kier molecular flexibility index (Phi) is 3.66. The number of nitrogen functional groups attached to an aromatic ring is 1. The minimum atomic E-state index is -0.441. The van der Waals surface area contributed by atoms with Crippen LogP contribution in [-0.4, -0.2) is 19.4 Å².